The molecular weight excluding hydrogens is 232 g/mol. The maximum Gasteiger partial charge on any atom is 0.256 e. The Morgan fingerprint density at radius 1 is 1.44 bits per heavy atom. The van der Waals surface area contributed by atoms with Crippen molar-refractivity contribution in [3.63, 3.8) is 0 Å². The lowest BCUT2D eigenvalue weighted by Gasteiger charge is -2.07. The molecule has 1 amide bonds. The summed E-state index contributed by atoms with van der Waals surface area (Å²) in [6.07, 6.45) is 3.90. The van der Waals surface area contributed by atoms with Gasteiger partial charge in [-0.1, -0.05) is 13.8 Å². The SMILES string of the molecule is CC(C)CCOCCNC(=O)c1c[nH]ccc1=O. The van der Waals surface area contributed by atoms with Crippen LogP contribution in [0.3, 0.4) is 0 Å². The quantitative estimate of drug-likeness (QED) is 0.715. The molecule has 2 N–H and O–H groups in total. The summed E-state index contributed by atoms with van der Waals surface area (Å²) in [6, 6.07) is 1.33. The first-order valence-electron chi connectivity index (χ1n) is 6.14. The largest absolute Gasteiger partial charge is 0.380 e. The van der Waals surface area contributed by atoms with Crippen molar-refractivity contribution in [2.75, 3.05) is 19.8 Å². The molecule has 5 heteroatoms. The molecule has 0 unspecified atom stereocenters. The number of rotatable bonds is 7. The molecule has 100 valence electrons. The minimum absolute atomic E-state index is 0.125. The predicted molar refractivity (Wildman–Crippen MR) is 69.7 cm³/mol. The maximum atomic E-state index is 11.6. The van der Waals surface area contributed by atoms with Crippen molar-refractivity contribution in [1.82, 2.24) is 10.3 Å². The number of carbonyl (C=O) groups is 1. The van der Waals surface area contributed by atoms with Gasteiger partial charge >= 0.3 is 0 Å². The van der Waals surface area contributed by atoms with Crippen molar-refractivity contribution in [2.24, 2.45) is 5.92 Å². The zero-order chi connectivity index (χ0) is 13.4. The number of aromatic nitrogens is 1. The van der Waals surface area contributed by atoms with Crippen molar-refractivity contribution in [3.8, 4) is 0 Å². The molecular formula is C13H20N2O3. The van der Waals surface area contributed by atoms with E-state index in [2.05, 4.69) is 24.1 Å². The molecule has 0 radical (unpaired) electrons. The first-order valence-corrected chi connectivity index (χ1v) is 6.14. The number of ether oxygens (including phenoxy) is 1. The number of carbonyl (C=O) groups excluding carboxylic acids is 1. The van der Waals surface area contributed by atoms with Crippen LogP contribution in [-0.2, 0) is 4.74 Å². The highest BCUT2D eigenvalue weighted by molar-refractivity contribution is 5.93. The number of H-pyrrole nitrogens is 1. The molecule has 1 aromatic rings. The van der Waals surface area contributed by atoms with Crippen LogP contribution in [0, 0.1) is 5.92 Å². The van der Waals surface area contributed by atoms with Gasteiger partial charge in [-0.25, -0.2) is 0 Å². The first-order chi connectivity index (χ1) is 8.61. The maximum absolute atomic E-state index is 11.6. The summed E-state index contributed by atoms with van der Waals surface area (Å²) in [5, 5.41) is 2.64. The molecule has 18 heavy (non-hydrogen) atoms. The van der Waals surface area contributed by atoms with Crippen LogP contribution in [0.2, 0.25) is 0 Å². The Morgan fingerprint density at radius 3 is 2.89 bits per heavy atom. The molecule has 0 spiro atoms. The summed E-state index contributed by atoms with van der Waals surface area (Å²) >= 11 is 0. The van der Waals surface area contributed by atoms with E-state index in [0.29, 0.717) is 25.7 Å². The van der Waals surface area contributed by atoms with Gasteiger partial charge in [-0.15, -0.1) is 0 Å². The normalized spacial score (nSPS) is 10.6. The molecule has 0 saturated heterocycles. The lowest BCUT2D eigenvalue weighted by molar-refractivity contribution is 0.0904. The van der Waals surface area contributed by atoms with Crippen molar-refractivity contribution in [3.05, 3.63) is 34.2 Å². The van der Waals surface area contributed by atoms with Gasteiger partial charge < -0.3 is 15.0 Å². The van der Waals surface area contributed by atoms with Gasteiger partial charge in [0.1, 0.15) is 5.56 Å². The summed E-state index contributed by atoms with van der Waals surface area (Å²) in [7, 11) is 0. The Kier molecular flexibility index (Phi) is 6.14. The third-order valence-corrected chi connectivity index (χ3v) is 2.44. The highest BCUT2D eigenvalue weighted by atomic mass is 16.5. The van der Waals surface area contributed by atoms with Gasteiger partial charge in [0.05, 0.1) is 6.61 Å². The van der Waals surface area contributed by atoms with E-state index in [1.807, 2.05) is 0 Å². The number of hydrogen-bond acceptors (Lipinski definition) is 3. The predicted octanol–water partition coefficient (Wildman–Crippen LogP) is 1.17. The van der Waals surface area contributed by atoms with Crippen LogP contribution < -0.4 is 10.7 Å². The second-order valence-electron chi connectivity index (χ2n) is 4.47. The van der Waals surface area contributed by atoms with Gasteiger partial charge in [-0.2, -0.15) is 0 Å². The number of nitrogens with one attached hydrogen (secondary N) is 2. The fourth-order valence-electron chi connectivity index (χ4n) is 1.35. The van der Waals surface area contributed by atoms with Gasteiger partial charge in [-0.05, 0) is 12.3 Å². The Balaban J connectivity index is 2.22. The monoisotopic (exact) mass is 252 g/mol. The molecule has 0 atom stereocenters. The molecule has 0 bridgehead atoms. The number of amides is 1. The van der Waals surface area contributed by atoms with Gasteiger partial charge in [-0.3, -0.25) is 9.59 Å². The molecule has 0 aliphatic rings. The molecule has 0 aliphatic heterocycles. The minimum Gasteiger partial charge on any atom is -0.380 e. The van der Waals surface area contributed by atoms with Crippen LogP contribution in [0.5, 0.6) is 0 Å². The Labute approximate surface area is 107 Å². The summed E-state index contributed by atoms with van der Waals surface area (Å²) < 4.78 is 5.36. The van der Waals surface area contributed by atoms with Gasteiger partial charge in [0.25, 0.3) is 5.91 Å². The van der Waals surface area contributed by atoms with Gasteiger partial charge in [0.15, 0.2) is 5.43 Å². The molecule has 0 saturated carbocycles. The molecule has 0 aliphatic carbocycles. The van der Waals surface area contributed by atoms with E-state index in [1.54, 1.807) is 0 Å². The van der Waals surface area contributed by atoms with Crippen LogP contribution >= 0.6 is 0 Å². The third kappa shape index (κ3) is 5.14. The Morgan fingerprint density at radius 2 is 2.22 bits per heavy atom. The summed E-state index contributed by atoms with van der Waals surface area (Å²) in [4.78, 5) is 25.7. The fraction of sp³-hybridized carbons (Fsp3) is 0.538. The lowest BCUT2D eigenvalue weighted by Crippen LogP contribution is -2.31. The Hall–Kier alpha value is -1.62. The Bertz CT molecular complexity index is 426. The van der Waals surface area contributed by atoms with E-state index >= 15 is 0 Å². The second-order valence-corrected chi connectivity index (χ2v) is 4.47. The van der Waals surface area contributed by atoms with E-state index < -0.39 is 0 Å². The molecule has 0 fully saturated rings. The van der Waals surface area contributed by atoms with Crippen molar-refractivity contribution in [2.45, 2.75) is 20.3 Å². The topological polar surface area (TPSA) is 71.2 Å². The number of pyridine rings is 1. The second kappa shape index (κ2) is 7.66. The molecule has 1 aromatic heterocycles. The highest BCUT2D eigenvalue weighted by Gasteiger charge is 2.07. The van der Waals surface area contributed by atoms with Crippen molar-refractivity contribution in [1.29, 1.82) is 0 Å². The van der Waals surface area contributed by atoms with Crippen molar-refractivity contribution < 1.29 is 9.53 Å². The van der Waals surface area contributed by atoms with Crippen LogP contribution in [-0.4, -0.2) is 30.6 Å². The third-order valence-electron chi connectivity index (χ3n) is 2.44. The molecule has 0 aromatic carbocycles. The van der Waals surface area contributed by atoms with Gasteiger partial charge in [0.2, 0.25) is 0 Å². The van der Waals surface area contributed by atoms with Crippen molar-refractivity contribution >= 4 is 5.91 Å². The highest BCUT2D eigenvalue weighted by Crippen LogP contribution is 1.98. The average molecular weight is 252 g/mol. The molecule has 1 heterocycles. The first kappa shape index (κ1) is 14.4. The van der Waals surface area contributed by atoms with E-state index in [0.717, 1.165) is 6.42 Å². The van der Waals surface area contributed by atoms with Crippen LogP contribution in [0.15, 0.2) is 23.3 Å². The smallest absolute Gasteiger partial charge is 0.256 e. The number of hydrogen-bond donors (Lipinski definition) is 2. The summed E-state index contributed by atoms with van der Waals surface area (Å²) in [5.41, 5.74) is -0.161. The zero-order valence-electron chi connectivity index (χ0n) is 10.9. The molecule has 5 nitrogen and oxygen atoms in total. The lowest BCUT2D eigenvalue weighted by atomic mass is 10.1. The van der Waals surface area contributed by atoms with E-state index in [1.165, 1.54) is 18.5 Å². The number of aromatic amines is 1. The van der Waals surface area contributed by atoms with Crippen LogP contribution in [0.4, 0.5) is 0 Å². The van der Waals surface area contributed by atoms with E-state index in [4.69, 9.17) is 4.74 Å². The summed E-state index contributed by atoms with van der Waals surface area (Å²) in [5.74, 6) is 0.242. The summed E-state index contributed by atoms with van der Waals surface area (Å²) in [6.45, 7) is 5.83. The standard InChI is InChI=1S/C13H20N2O3/c1-10(2)4-7-18-8-6-15-13(17)11-9-14-5-3-12(11)16/h3,5,9-10H,4,6-8H2,1-2H3,(H,14,16)(H,15,17). The van der Waals surface area contributed by atoms with Crippen LogP contribution in [0.1, 0.15) is 30.6 Å². The zero-order valence-corrected chi connectivity index (χ0v) is 10.9. The van der Waals surface area contributed by atoms with Gasteiger partial charge in [0, 0.05) is 31.6 Å². The van der Waals surface area contributed by atoms with E-state index in [9.17, 15) is 9.59 Å². The minimum atomic E-state index is -0.371. The van der Waals surface area contributed by atoms with Crippen LogP contribution in [0.25, 0.3) is 0 Å². The fourth-order valence-corrected chi connectivity index (χ4v) is 1.35. The molecule has 1 rings (SSSR count). The average Bonchev–Trinajstić information content (AvgIpc) is 2.33. The van der Waals surface area contributed by atoms with E-state index in [-0.39, 0.29) is 16.9 Å².